The van der Waals surface area contributed by atoms with Crippen molar-refractivity contribution in [3.05, 3.63) is 58.2 Å². The van der Waals surface area contributed by atoms with E-state index in [0.29, 0.717) is 11.6 Å². The Hall–Kier alpha value is -3.52. The lowest BCUT2D eigenvalue weighted by Crippen LogP contribution is -2.07. The van der Waals surface area contributed by atoms with E-state index in [4.69, 9.17) is 0 Å². The lowest BCUT2D eigenvalue weighted by Gasteiger charge is -2.01. The average Bonchev–Trinajstić information content (AvgIpc) is 3.35. The van der Waals surface area contributed by atoms with Crippen LogP contribution in [0.2, 0.25) is 0 Å². The van der Waals surface area contributed by atoms with E-state index in [1.165, 1.54) is 6.34 Å². The van der Waals surface area contributed by atoms with Gasteiger partial charge in [0.1, 0.15) is 12.0 Å². The Morgan fingerprint density at radius 1 is 1.15 bits per heavy atom. The van der Waals surface area contributed by atoms with Gasteiger partial charge in [-0.2, -0.15) is 4.98 Å². The molecule has 0 atom stereocenters. The minimum atomic E-state index is -0.0694. The molecular weight excluding hydrogens is 348 g/mol. The van der Waals surface area contributed by atoms with Gasteiger partial charge in [-0.25, -0.2) is 15.0 Å². The summed E-state index contributed by atoms with van der Waals surface area (Å²) in [6.45, 7) is 0. The smallest absolute Gasteiger partial charge is 0.238 e. The molecule has 0 saturated heterocycles. The number of H-pyrrole nitrogens is 1. The van der Waals surface area contributed by atoms with Gasteiger partial charge in [-0.05, 0) is 41.6 Å². The highest BCUT2D eigenvalue weighted by atomic mass is 32.1. The van der Waals surface area contributed by atoms with Gasteiger partial charge >= 0.3 is 0 Å². The first-order valence-corrected chi connectivity index (χ1v) is 8.74. The topological polar surface area (TPSA) is 98.6 Å². The van der Waals surface area contributed by atoms with Crippen LogP contribution in [0.15, 0.2) is 51.9 Å². The zero-order chi connectivity index (χ0) is 17.5. The molecule has 0 unspecified atom stereocenters. The first-order valence-electron chi connectivity index (χ1n) is 7.86. The summed E-state index contributed by atoms with van der Waals surface area (Å²) in [7, 11) is 0. The molecule has 0 radical (unpaired) electrons. The molecule has 0 spiro atoms. The van der Waals surface area contributed by atoms with Crippen molar-refractivity contribution in [1.82, 2.24) is 15.0 Å². The summed E-state index contributed by atoms with van der Waals surface area (Å²) >= 11 is 1.58. The lowest BCUT2D eigenvalue weighted by atomic mass is 10.2. The van der Waals surface area contributed by atoms with E-state index in [9.17, 15) is 5.11 Å². The van der Waals surface area contributed by atoms with Crippen molar-refractivity contribution < 1.29 is 5.11 Å². The number of aromatic hydroxyl groups is 1. The van der Waals surface area contributed by atoms with Gasteiger partial charge in [-0.15, -0.1) is 11.3 Å². The molecule has 8 heteroatoms. The highest BCUT2D eigenvalue weighted by molar-refractivity contribution is 7.16. The van der Waals surface area contributed by atoms with E-state index in [-0.39, 0.29) is 5.88 Å². The molecule has 0 fully saturated rings. The van der Waals surface area contributed by atoms with Crippen molar-refractivity contribution in [2.75, 3.05) is 5.32 Å². The molecular formula is C18H12N6OS. The molecule has 0 amide bonds. The maximum atomic E-state index is 10.1. The highest BCUT2D eigenvalue weighted by Crippen LogP contribution is 2.25. The third-order valence-corrected chi connectivity index (χ3v) is 4.80. The molecule has 0 aliphatic carbocycles. The van der Waals surface area contributed by atoms with Crippen molar-refractivity contribution in [2.24, 2.45) is 9.98 Å². The van der Waals surface area contributed by atoms with Crippen LogP contribution < -0.4 is 15.9 Å². The van der Waals surface area contributed by atoms with Crippen LogP contribution in [0.4, 0.5) is 17.3 Å². The molecule has 7 nitrogen and oxygen atoms in total. The number of nitrogens with zero attached hydrogens (tertiary/aromatic N) is 4. The van der Waals surface area contributed by atoms with Crippen molar-refractivity contribution in [2.45, 2.75) is 0 Å². The van der Waals surface area contributed by atoms with Crippen LogP contribution in [-0.2, 0) is 0 Å². The number of aromatic amines is 1. The van der Waals surface area contributed by atoms with Crippen molar-refractivity contribution in [1.29, 1.82) is 0 Å². The van der Waals surface area contributed by atoms with Gasteiger partial charge in [-0.1, -0.05) is 6.07 Å². The largest absolute Gasteiger partial charge is 0.492 e. The number of benzene rings is 2. The molecule has 2 aromatic carbocycles. The summed E-state index contributed by atoms with van der Waals surface area (Å²) < 4.78 is 1.08. The third kappa shape index (κ3) is 2.62. The first kappa shape index (κ1) is 14.8. The number of aliphatic imine (C=N–C) groups is 1. The maximum Gasteiger partial charge on any atom is 0.238 e. The lowest BCUT2D eigenvalue weighted by molar-refractivity contribution is 0.455. The fourth-order valence-corrected chi connectivity index (χ4v) is 3.49. The van der Waals surface area contributed by atoms with Crippen LogP contribution in [0.5, 0.6) is 5.88 Å². The third-order valence-electron chi connectivity index (χ3n) is 4.01. The molecule has 4 aromatic rings. The number of nitrogens with one attached hydrogen (secondary N) is 2. The van der Waals surface area contributed by atoms with Gasteiger partial charge in [-0.3, -0.25) is 0 Å². The standard InChI is InChI=1S/C18H12N6OS/c25-17-15(6-10-1-3-12-14(5-10)20-8-19-12)23-18(24-17)22-11-2-4-13-16(7-11)26-9-21-13/h1-9,25H,(H2,22,23,24)/b10-6+. The first-order chi connectivity index (χ1) is 12.7. The zero-order valence-electron chi connectivity index (χ0n) is 13.3. The Labute approximate surface area is 151 Å². The molecule has 1 aliphatic rings. The second-order valence-electron chi connectivity index (χ2n) is 5.75. The predicted octanol–water partition coefficient (Wildman–Crippen LogP) is 2.59. The van der Waals surface area contributed by atoms with Crippen molar-refractivity contribution in [3.63, 3.8) is 0 Å². The Morgan fingerprint density at radius 3 is 3.08 bits per heavy atom. The number of fused-ring (bicyclic) bond motifs is 2. The Morgan fingerprint density at radius 2 is 2.12 bits per heavy atom. The van der Waals surface area contributed by atoms with Crippen LogP contribution in [0.3, 0.4) is 0 Å². The summed E-state index contributed by atoms with van der Waals surface area (Å²) in [6, 6.07) is 11.6. The van der Waals surface area contributed by atoms with Crippen LogP contribution >= 0.6 is 11.3 Å². The maximum absolute atomic E-state index is 10.1. The van der Waals surface area contributed by atoms with Gasteiger partial charge in [0, 0.05) is 5.69 Å². The van der Waals surface area contributed by atoms with Crippen molar-refractivity contribution in [3.8, 4) is 5.88 Å². The molecule has 1 aliphatic heterocycles. The Kier molecular flexibility index (Phi) is 3.29. The molecule has 0 saturated carbocycles. The normalized spacial score (nSPS) is 13.2. The summed E-state index contributed by atoms with van der Waals surface area (Å²) in [5.74, 6) is 0.395. The van der Waals surface area contributed by atoms with E-state index in [0.717, 1.165) is 32.2 Å². The second-order valence-corrected chi connectivity index (χ2v) is 6.64. The molecule has 3 heterocycles. The number of anilines is 2. The van der Waals surface area contributed by atoms with Gasteiger partial charge < -0.3 is 15.4 Å². The number of imidazole rings is 1. The number of rotatable bonds is 3. The highest BCUT2D eigenvalue weighted by Gasteiger charge is 2.08. The number of hydrogen-bond donors (Lipinski definition) is 3. The monoisotopic (exact) mass is 360 g/mol. The predicted molar refractivity (Wildman–Crippen MR) is 102 cm³/mol. The summed E-state index contributed by atoms with van der Waals surface area (Å²) in [6.07, 6.45) is 3.35. The minimum absolute atomic E-state index is 0.0694. The van der Waals surface area contributed by atoms with Gasteiger partial charge in [0.2, 0.25) is 11.8 Å². The number of aromatic nitrogens is 3. The van der Waals surface area contributed by atoms with E-state index in [1.54, 1.807) is 11.3 Å². The SMILES string of the molecule is Oc1nc(Nc2ccc3ncsc3c2)[nH]c1/C=c1\ccc2c(c1)N=CN=2. The van der Waals surface area contributed by atoms with Crippen LogP contribution in [-0.4, -0.2) is 26.4 Å². The van der Waals surface area contributed by atoms with Crippen LogP contribution in [0.1, 0.15) is 5.69 Å². The Balaban J connectivity index is 1.47. The number of hydrogen-bond acceptors (Lipinski definition) is 7. The molecule has 26 heavy (non-hydrogen) atoms. The molecule has 126 valence electrons. The van der Waals surface area contributed by atoms with E-state index >= 15 is 0 Å². The van der Waals surface area contributed by atoms with Gasteiger partial charge in [0.05, 0.1) is 26.8 Å². The summed E-state index contributed by atoms with van der Waals surface area (Å²) in [5.41, 5.74) is 4.98. The van der Waals surface area contributed by atoms with Crippen LogP contribution in [0.25, 0.3) is 16.3 Å². The quantitative estimate of drug-likeness (QED) is 0.523. The van der Waals surface area contributed by atoms with E-state index < -0.39 is 0 Å². The summed E-state index contributed by atoms with van der Waals surface area (Å²) in [4.78, 5) is 19.8. The summed E-state index contributed by atoms with van der Waals surface area (Å²) in [5, 5.41) is 15.0. The average molecular weight is 360 g/mol. The molecule has 2 aromatic heterocycles. The van der Waals surface area contributed by atoms with E-state index in [2.05, 4.69) is 30.3 Å². The molecule has 0 bridgehead atoms. The molecule has 3 N–H and O–H groups in total. The Bertz CT molecular complexity index is 1290. The van der Waals surface area contributed by atoms with Gasteiger partial charge in [0.25, 0.3) is 0 Å². The minimum Gasteiger partial charge on any atom is -0.492 e. The van der Waals surface area contributed by atoms with Crippen LogP contribution in [0, 0.1) is 0 Å². The second kappa shape index (κ2) is 5.78. The fraction of sp³-hybridized carbons (Fsp3) is 0. The van der Waals surface area contributed by atoms with Crippen molar-refractivity contribution >= 4 is 51.3 Å². The fourth-order valence-electron chi connectivity index (χ4n) is 2.77. The number of thiazole rings is 1. The van der Waals surface area contributed by atoms with E-state index in [1.807, 2.05) is 48.0 Å². The van der Waals surface area contributed by atoms with Gasteiger partial charge in [0.15, 0.2) is 0 Å². The molecule has 5 rings (SSSR count). The zero-order valence-corrected chi connectivity index (χ0v) is 14.2.